The number of carbonyl (C=O) groups excluding carboxylic acids is 1. The molecule has 2 atom stereocenters. The van der Waals surface area contributed by atoms with Gasteiger partial charge in [0.1, 0.15) is 5.82 Å². The van der Waals surface area contributed by atoms with Crippen molar-refractivity contribution < 1.29 is 9.53 Å². The Morgan fingerprint density at radius 2 is 2.32 bits per heavy atom. The third-order valence-electron chi connectivity index (χ3n) is 4.54. The van der Waals surface area contributed by atoms with E-state index in [1.807, 2.05) is 26.0 Å². The number of guanidine groups is 1. The van der Waals surface area contributed by atoms with E-state index in [4.69, 9.17) is 15.5 Å². The lowest BCUT2D eigenvalue weighted by Crippen LogP contribution is -2.44. The number of ether oxygens (including phenoxy) is 1. The molecule has 1 amide bonds. The molecule has 1 fully saturated rings. The number of aromatic nitrogens is 1. The number of anilines is 1. The molecule has 2 heterocycles. The van der Waals surface area contributed by atoms with Crippen LogP contribution in [0.2, 0.25) is 0 Å². The normalized spacial score (nSPS) is 18.2. The summed E-state index contributed by atoms with van der Waals surface area (Å²) >= 11 is 0. The van der Waals surface area contributed by atoms with Gasteiger partial charge in [0.2, 0.25) is 5.91 Å². The first-order chi connectivity index (χ1) is 13.0. The van der Waals surface area contributed by atoms with Crippen LogP contribution in [0.15, 0.2) is 23.3 Å². The quantitative estimate of drug-likeness (QED) is 0.282. The number of aliphatic imine (C=N–C) groups is 1. The van der Waals surface area contributed by atoms with Gasteiger partial charge in [0, 0.05) is 44.5 Å². The third-order valence-corrected chi connectivity index (χ3v) is 4.54. The number of hydrogen-bond acceptors (Lipinski definition) is 5. The molecule has 0 aromatic carbocycles. The zero-order chi connectivity index (χ0) is 19.6. The predicted molar refractivity (Wildman–Crippen MR) is 123 cm³/mol. The van der Waals surface area contributed by atoms with Crippen molar-refractivity contribution in [1.82, 2.24) is 15.6 Å². The minimum atomic E-state index is -0.235. The first-order valence-corrected chi connectivity index (χ1v) is 9.57. The van der Waals surface area contributed by atoms with Crippen LogP contribution in [0.4, 0.5) is 5.82 Å². The van der Waals surface area contributed by atoms with Gasteiger partial charge in [0.15, 0.2) is 5.96 Å². The van der Waals surface area contributed by atoms with Crippen molar-refractivity contribution in [3.8, 4) is 0 Å². The van der Waals surface area contributed by atoms with Crippen molar-refractivity contribution in [1.29, 1.82) is 0 Å². The van der Waals surface area contributed by atoms with Crippen molar-refractivity contribution in [2.24, 2.45) is 16.6 Å². The van der Waals surface area contributed by atoms with Gasteiger partial charge in [-0.1, -0.05) is 6.07 Å². The molecule has 0 radical (unpaired) electrons. The van der Waals surface area contributed by atoms with E-state index >= 15 is 0 Å². The Kier molecular flexibility index (Phi) is 11.1. The molecule has 28 heavy (non-hydrogen) atoms. The van der Waals surface area contributed by atoms with Gasteiger partial charge in [0.05, 0.1) is 19.1 Å². The summed E-state index contributed by atoms with van der Waals surface area (Å²) in [4.78, 5) is 23.0. The highest BCUT2D eigenvalue weighted by molar-refractivity contribution is 14.0. The Balaban J connectivity index is 0.00000392. The van der Waals surface area contributed by atoms with Crippen LogP contribution in [-0.4, -0.2) is 56.2 Å². The summed E-state index contributed by atoms with van der Waals surface area (Å²) in [6.45, 7) is 7.44. The summed E-state index contributed by atoms with van der Waals surface area (Å²) in [7, 11) is 1.68. The maximum Gasteiger partial charge on any atom is 0.222 e. The van der Waals surface area contributed by atoms with Crippen LogP contribution < -0.4 is 21.3 Å². The van der Waals surface area contributed by atoms with E-state index in [0.717, 1.165) is 43.3 Å². The van der Waals surface area contributed by atoms with E-state index in [0.29, 0.717) is 19.7 Å². The molecule has 9 heteroatoms. The first-order valence-electron chi connectivity index (χ1n) is 9.57. The monoisotopic (exact) mass is 504 g/mol. The van der Waals surface area contributed by atoms with Crippen molar-refractivity contribution in [2.75, 3.05) is 38.3 Å². The maximum absolute atomic E-state index is 11.6. The molecule has 1 saturated heterocycles. The molecule has 2 rings (SSSR count). The summed E-state index contributed by atoms with van der Waals surface area (Å²) in [5.74, 6) is 1.27. The van der Waals surface area contributed by atoms with Crippen molar-refractivity contribution in [3.05, 3.63) is 23.9 Å². The zero-order valence-corrected chi connectivity index (χ0v) is 19.3. The largest absolute Gasteiger partial charge is 0.383 e. The smallest absolute Gasteiger partial charge is 0.222 e. The first kappa shape index (κ1) is 24.4. The van der Waals surface area contributed by atoms with Crippen LogP contribution in [0.1, 0.15) is 32.3 Å². The number of nitrogens with one attached hydrogen (secondary N) is 2. The molecule has 1 aromatic heterocycles. The number of pyridine rings is 1. The third kappa shape index (κ3) is 7.42. The predicted octanol–water partition coefficient (Wildman–Crippen LogP) is 1.49. The lowest BCUT2D eigenvalue weighted by atomic mass is 9.97. The summed E-state index contributed by atoms with van der Waals surface area (Å²) in [6.07, 6.45) is 3.56. The van der Waals surface area contributed by atoms with Gasteiger partial charge in [-0.2, -0.15) is 0 Å². The summed E-state index contributed by atoms with van der Waals surface area (Å²) < 4.78 is 5.17. The van der Waals surface area contributed by atoms with E-state index < -0.39 is 0 Å². The van der Waals surface area contributed by atoms with Gasteiger partial charge in [0.25, 0.3) is 0 Å². The minimum absolute atomic E-state index is 0. The van der Waals surface area contributed by atoms with Crippen LogP contribution in [0.3, 0.4) is 0 Å². The van der Waals surface area contributed by atoms with E-state index in [1.54, 1.807) is 13.3 Å². The molecule has 4 N–H and O–H groups in total. The number of nitrogens with two attached hydrogens (primary N) is 1. The minimum Gasteiger partial charge on any atom is -0.383 e. The number of hydrogen-bond donors (Lipinski definition) is 3. The Bertz CT molecular complexity index is 643. The standard InChI is InChI=1S/C19H32N6O2.HI/c1-4-21-19(24-14(2)13-27-3)23-11-15-7-5-9-22-18(15)25-10-6-8-16(12-25)17(20)26;/h5,7,9,14,16H,4,6,8,10-13H2,1-3H3,(H2,20,26)(H2,21,23,24);1H. The Morgan fingerprint density at radius 3 is 3.00 bits per heavy atom. The Labute approximate surface area is 184 Å². The van der Waals surface area contributed by atoms with Crippen LogP contribution >= 0.6 is 24.0 Å². The second-order valence-electron chi connectivity index (χ2n) is 6.87. The number of methoxy groups -OCH3 is 1. The van der Waals surface area contributed by atoms with E-state index in [1.165, 1.54) is 0 Å². The summed E-state index contributed by atoms with van der Waals surface area (Å²) in [5, 5.41) is 6.58. The molecule has 2 unspecified atom stereocenters. The summed E-state index contributed by atoms with van der Waals surface area (Å²) in [6, 6.07) is 4.10. The molecule has 0 bridgehead atoms. The fourth-order valence-corrected chi connectivity index (χ4v) is 3.25. The Hall–Kier alpha value is -1.62. The van der Waals surface area contributed by atoms with E-state index in [-0.39, 0.29) is 41.8 Å². The molecule has 8 nitrogen and oxygen atoms in total. The molecule has 158 valence electrons. The fourth-order valence-electron chi connectivity index (χ4n) is 3.25. The number of carbonyl (C=O) groups is 1. The molecular weight excluding hydrogens is 471 g/mol. The van der Waals surface area contributed by atoms with Gasteiger partial charge >= 0.3 is 0 Å². The molecule has 0 aliphatic carbocycles. The second-order valence-corrected chi connectivity index (χ2v) is 6.87. The Morgan fingerprint density at radius 1 is 1.54 bits per heavy atom. The SMILES string of the molecule is CCNC(=NCc1cccnc1N1CCCC(C(N)=O)C1)NC(C)COC.I. The van der Waals surface area contributed by atoms with Crippen LogP contribution in [0, 0.1) is 5.92 Å². The van der Waals surface area contributed by atoms with Gasteiger partial charge in [-0.15, -0.1) is 24.0 Å². The van der Waals surface area contributed by atoms with Crippen LogP contribution in [0.5, 0.6) is 0 Å². The van der Waals surface area contributed by atoms with E-state index in [9.17, 15) is 4.79 Å². The lowest BCUT2D eigenvalue weighted by molar-refractivity contribution is -0.122. The van der Waals surface area contributed by atoms with Crippen LogP contribution in [-0.2, 0) is 16.1 Å². The average molecular weight is 504 g/mol. The van der Waals surface area contributed by atoms with E-state index in [2.05, 4.69) is 20.5 Å². The van der Waals surface area contributed by atoms with Crippen molar-refractivity contribution >= 4 is 41.7 Å². The van der Waals surface area contributed by atoms with Gasteiger partial charge in [-0.05, 0) is 32.8 Å². The number of rotatable bonds is 8. The highest BCUT2D eigenvalue weighted by Gasteiger charge is 2.25. The number of halogens is 1. The number of piperidine rings is 1. The lowest BCUT2D eigenvalue weighted by Gasteiger charge is -2.33. The molecule has 1 aromatic rings. The fraction of sp³-hybridized carbons (Fsp3) is 0.632. The number of nitrogens with zero attached hydrogens (tertiary/aromatic N) is 3. The summed E-state index contributed by atoms with van der Waals surface area (Å²) in [5.41, 5.74) is 6.54. The van der Waals surface area contributed by atoms with Crippen molar-refractivity contribution in [3.63, 3.8) is 0 Å². The van der Waals surface area contributed by atoms with Crippen LogP contribution in [0.25, 0.3) is 0 Å². The number of primary amides is 1. The second kappa shape index (κ2) is 12.8. The molecule has 1 aliphatic heterocycles. The molecule has 0 saturated carbocycles. The topological polar surface area (TPSA) is 105 Å². The van der Waals surface area contributed by atoms with Gasteiger partial charge < -0.3 is 26.0 Å². The number of amides is 1. The van der Waals surface area contributed by atoms with Crippen molar-refractivity contribution in [2.45, 2.75) is 39.3 Å². The zero-order valence-electron chi connectivity index (χ0n) is 17.0. The molecule has 1 aliphatic rings. The highest BCUT2D eigenvalue weighted by Crippen LogP contribution is 2.24. The molecule has 0 spiro atoms. The highest BCUT2D eigenvalue weighted by atomic mass is 127. The maximum atomic E-state index is 11.6. The molecular formula is C19H33IN6O2. The van der Waals surface area contributed by atoms with Gasteiger partial charge in [-0.3, -0.25) is 4.79 Å². The average Bonchev–Trinajstić information content (AvgIpc) is 2.67. The van der Waals surface area contributed by atoms with Gasteiger partial charge in [-0.25, -0.2) is 9.98 Å².